The van der Waals surface area contributed by atoms with E-state index in [1.54, 1.807) is 42.5 Å². The van der Waals surface area contributed by atoms with Gasteiger partial charge in [-0.05, 0) is 35.9 Å². The van der Waals surface area contributed by atoms with Crippen LogP contribution in [0.2, 0.25) is 5.02 Å². The van der Waals surface area contributed by atoms with Crippen LogP contribution in [0.25, 0.3) is 11.0 Å². The van der Waals surface area contributed by atoms with Gasteiger partial charge < -0.3 is 15.7 Å². The van der Waals surface area contributed by atoms with Gasteiger partial charge in [-0.1, -0.05) is 23.7 Å². The number of carbonyl (C=O) groups is 2. The molecule has 3 rings (SSSR count). The number of fused-ring (bicyclic) bond motifs is 1. The second-order valence-corrected chi connectivity index (χ2v) is 6.02. The van der Waals surface area contributed by atoms with Crippen molar-refractivity contribution in [3.8, 4) is 0 Å². The first-order valence-electron chi connectivity index (χ1n) is 7.81. The molecule has 2 amide bonds. The van der Waals surface area contributed by atoms with E-state index < -0.39 is 24.5 Å². The monoisotopic (exact) mass is 373 g/mol. The summed E-state index contributed by atoms with van der Waals surface area (Å²) in [6.45, 7) is -0.266. The van der Waals surface area contributed by atoms with Crippen molar-refractivity contribution in [2.45, 2.75) is 12.6 Å². The molecule has 1 unspecified atom stereocenters. The van der Waals surface area contributed by atoms with Crippen LogP contribution in [0, 0.1) is 0 Å². The maximum Gasteiger partial charge on any atom is 0.252 e. The van der Waals surface area contributed by atoms with Gasteiger partial charge in [-0.25, -0.2) is 0 Å². The van der Waals surface area contributed by atoms with Crippen molar-refractivity contribution in [1.29, 1.82) is 0 Å². The highest BCUT2D eigenvalue weighted by molar-refractivity contribution is 6.30. The summed E-state index contributed by atoms with van der Waals surface area (Å²) in [5, 5.41) is 25.5. The number of halogens is 1. The number of nitrogens with zero attached hydrogens (tertiary/aromatic N) is 2. The van der Waals surface area contributed by atoms with Gasteiger partial charge in [0.1, 0.15) is 17.1 Å². The second-order valence-electron chi connectivity index (χ2n) is 5.58. The van der Waals surface area contributed by atoms with E-state index in [9.17, 15) is 14.7 Å². The topological polar surface area (TPSA) is 120 Å². The van der Waals surface area contributed by atoms with Gasteiger partial charge in [0.2, 0.25) is 5.91 Å². The molecule has 0 aliphatic carbocycles. The summed E-state index contributed by atoms with van der Waals surface area (Å²) < 4.78 is 0. The Labute approximate surface area is 153 Å². The van der Waals surface area contributed by atoms with Gasteiger partial charge in [0.15, 0.2) is 0 Å². The molecule has 1 aromatic heterocycles. The van der Waals surface area contributed by atoms with Crippen molar-refractivity contribution in [3.05, 3.63) is 58.6 Å². The standard InChI is InChI=1S/C17H16ClN5O3/c18-12-4-1-10(2-5-12)8-19-17(26)15(9-24)20-16(25)11-3-6-13-14(7-11)22-23-21-13/h1-7,15,24H,8-9H2,(H,19,26)(H,20,25)(H,21,22,23). The Balaban J connectivity index is 1.61. The Morgan fingerprint density at radius 2 is 1.85 bits per heavy atom. The fraction of sp³-hybridized carbons (Fsp3) is 0.176. The molecule has 1 atom stereocenters. The molecule has 3 aromatic rings. The van der Waals surface area contributed by atoms with Crippen molar-refractivity contribution in [3.63, 3.8) is 0 Å². The molecule has 26 heavy (non-hydrogen) atoms. The summed E-state index contributed by atoms with van der Waals surface area (Å²) >= 11 is 5.81. The third-order valence-corrected chi connectivity index (χ3v) is 4.01. The molecule has 134 valence electrons. The van der Waals surface area contributed by atoms with E-state index >= 15 is 0 Å². The molecule has 9 heteroatoms. The molecule has 0 aliphatic heterocycles. The van der Waals surface area contributed by atoms with E-state index in [0.29, 0.717) is 21.6 Å². The van der Waals surface area contributed by atoms with E-state index in [1.807, 2.05) is 0 Å². The van der Waals surface area contributed by atoms with Crippen LogP contribution >= 0.6 is 11.6 Å². The maximum atomic E-state index is 12.3. The summed E-state index contributed by atoms with van der Waals surface area (Å²) in [5.41, 5.74) is 2.32. The lowest BCUT2D eigenvalue weighted by Crippen LogP contribution is -2.48. The number of hydrogen-bond acceptors (Lipinski definition) is 5. The molecule has 8 nitrogen and oxygen atoms in total. The number of rotatable bonds is 6. The number of amides is 2. The molecule has 0 bridgehead atoms. The summed E-state index contributed by atoms with van der Waals surface area (Å²) in [6, 6.07) is 10.7. The zero-order valence-electron chi connectivity index (χ0n) is 13.6. The van der Waals surface area contributed by atoms with Crippen LogP contribution in [-0.2, 0) is 11.3 Å². The van der Waals surface area contributed by atoms with Crippen molar-refractivity contribution >= 4 is 34.4 Å². The fourth-order valence-corrected chi connectivity index (χ4v) is 2.46. The molecule has 0 saturated heterocycles. The summed E-state index contributed by atoms with van der Waals surface area (Å²) in [5.74, 6) is -0.978. The van der Waals surface area contributed by atoms with Crippen LogP contribution in [-0.4, -0.2) is 45.0 Å². The number of benzene rings is 2. The zero-order valence-corrected chi connectivity index (χ0v) is 14.3. The lowest BCUT2D eigenvalue weighted by atomic mass is 10.1. The molecule has 0 saturated carbocycles. The van der Waals surface area contributed by atoms with Gasteiger partial charge in [-0.3, -0.25) is 9.59 Å². The Bertz CT molecular complexity index is 926. The van der Waals surface area contributed by atoms with Gasteiger partial charge >= 0.3 is 0 Å². The van der Waals surface area contributed by atoms with Gasteiger partial charge in [0.05, 0.1) is 6.61 Å². The van der Waals surface area contributed by atoms with Crippen LogP contribution in [0.4, 0.5) is 0 Å². The number of aromatic amines is 1. The predicted molar refractivity (Wildman–Crippen MR) is 95.5 cm³/mol. The zero-order chi connectivity index (χ0) is 18.5. The normalized spacial score (nSPS) is 11.9. The summed E-state index contributed by atoms with van der Waals surface area (Å²) in [6.07, 6.45) is 0. The van der Waals surface area contributed by atoms with Gasteiger partial charge in [0.25, 0.3) is 5.91 Å². The molecule has 2 aromatic carbocycles. The molecular weight excluding hydrogens is 358 g/mol. The van der Waals surface area contributed by atoms with E-state index in [2.05, 4.69) is 26.0 Å². The Morgan fingerprint density at radius 1 is 1.12 bits per heavy atom. The predicted octanol–water partition coefficient (Wildman–Crippen LogP) is 1.02. The average molecular weight is 374 g/mol. The molecule has 4 N–H and O–H groups in total. The lowest BCUT2D eigenvalue weighted by molar-refractivity contribution is -0.124. The third kappa shape index (κ3) is 4.16. The molecular formula is C17H16ClN5O3. The SMILES string of the molecule is O=C(NC(CO)C(=O)NCc1ccc(Cl)cc1)c1ccc2n[nH]nc2c1. The molecule has 0 fully saturated rings. The quantitative estimate of drug-likeness (QED) is 0.514. The molecule has 0 spiro atoms. The smallest absolute Gasteiger partial charge is 0.252 e. The minimum atomic E-state index is -1.07. The highest BCUT2D eigenvalue weighted by Gasteiger charge is 2.20. The number of carbonyl (C=O) groups excluding carboxylic acids is 2. The first-order valence-corrected chi connectivity index (χ1v) is 8.19. The molecule has 0 aliphatic rings. The number of hydrogen-bond donors (Lipinski definition) is 4. The van der Waals surface area contributed by atoms with Crippen LogP contribution < -0.4 is 10.6 Å². The number of aromatic nitrogens is 3. The molecule has 1 heterocycles. The Morgan fingerprint density at radius 3 is 2.58 bits per heavy atom. The van der Waals surface area contributed by atoms with Crippen molar-refractivity contribution < 1.29 is 14.7 Å². The number of H-pyrrole nitrogens is 1. The minimum absolute atomic E-state index is 0.257. The maximum absolute atomic E-state index is 12.3. The number of aliphatic hydroxyl groups excluding tert-OH is 1. The highest BCUT2D eigenvalue weighted by atomic mass is 35.5. The van der Waals surface area contributed by atoms with E-state index in [1.165, 1.54) is 0 Å². The number of aliphatic hydroxyl groups is 1. The first kappa shape index (κ1) is 17.8. The van der Waals surface area contributed by atoms with Crippen molar-refractivity contribution in [1.82, 2.24) is 26.0 Å². The number of nitrogens with one attached hydrogen (secondary N) is 3. The first-order chi connectivity index (χ1) is 12.6. The van der Waals surface area contributed by atoms with E-state index in [4.69, 9.17) is 11.6 Å². The Kier molecular flexibility index (Phi) is 5.45. The second kappa shape index (κ2) is 7.94. The Hall–Kier alpha value is -2.97. The largest absolute Gasteiger partial charge is 0.394 e. The van der Waals surface area contributed by atoms with Crippen molar-refractivity contribution in [2.75, 3.05) is 6.61 Å². The summed E-state index contributed by atoms with van der Waals surface area (Å²) in [7, 11) is 0. The molecule has 0 radical (unpaired) electrons. The van der Waals surface area contributed by atoms with Crippen molar-refractivity contribution in [2.24, 2.45) is 0 Å². The van der Waals surface area contributed by atoms with Gasteiger partial charge in [-0.2, -0.15) is 15.4 Å². The highest BCUT2D eigenvalue weighted by Crippen LogP contribution is 2.11. The fourth-order valence-electron chi connectivity index (χ4n) is 2.33. The average Bonchev–Trinajstić information content (AvgIpc) is 3.13. The van der Waals surface area contributed by atoms with E-state index in [-0.39, 0.29) is 6.54 Å². The van der Waals surface area contributed by atoms with Crippen LogP contribution in [0.1, 0.15) is 15.9 Å². The lowest BCUT2D eigenvalue weighted by Gasteiger charge is -2.16. The van der Waals surface area contributed by atoms with Gasteiger partial charge in [0, 0.05) is 17.1 Å². The third-order valence-electron chi connectivity index (χ3n) is 3.76. The van der Waals surface area contributed by atoms with E-state index in [0.717, 1.165) is 5.56 Å². The minimum Gasteiger partial charge on any atom is -0.394 e. The van der Waals surface area contributed by atoms with Crippen LogP contribution in [0.5, 0.6) is 0 Å². The summed E-state index contributed by atoms with van der Waals surface area (Å²) in [4.78, 5) is 24.5. The van der Waals surface area contributed by atoms with Crippen LogP contribution in [0.3, 0.4) is 0 Å². The van der Waals surface area contributed by atoms with Gasteiger partial charge in [-0.15, -0.1) is 0 Å². The van der Waals surface area contributed by atoms with Crippen LogP contribution in [0.15, 0.2) is 42.5 Å².